The molecule has 0 saturated carbocycles. The number of anilines is 1. The molecular weight excluding hydrogens is 270 g/mol. The molecule has 1 aromatic rings. The molecule has 2 aliphatic heterocycles. The van der Waals surface area contributed by atoms with Crippen LogP contribution in [0.5, 0.6) is 0 Å². The lowest BCUT2D eigenvalue weighted by molar-refractivity contribution is 0.263. The third-order valence-corrected chi connectivity index (χ3v) is 5.45. The van der Waals surface area contributed by atoms with Crippen LogP contribution in [0.3, 0.4) is 0 Å². The van der Waals surface area contributed by atoms with E-state index in [0.29, 0.717) is 12.5 Å². The number of rotatable bonds is 3. The first-order chi connectivity index (χ1) is 9.78. The molecule has 3 heterocycles. The molecule has 1 fully saturated rings. The van der Waals surface area contributed by atoms with Crippen LogP contribution < -0.4 is 10.2 Å². The summed E-state index contributed by atoms with van der Waals surface area (Å²) in [5, 5.41) is 13.3. The zero-order valence-electron chi connectivity index (χ0n) is 11.9. The van der Waals surface area contributed by atoms with Crippen LogP contribution in [0.4, 0.5) is 5.13 Å². The third kappa shape index (κ3) is 2.80. The Morgan fingerprint density at radius 2 is 2.20 bits per heavy atom. The summed E-state index contributed by atoms with van der Waals surface area (Å²) in [5.41, 5.74) is 1.29. The summed E-state index contributed by atoms with van der Waals surface area (Å²) in [7, 11) is 0. The average Bonchev–Trinajstić information content (AvgIpc) is 2.91. The molecule has 6 heteroatoms. The van der Waals surface area contributed by atoms with E-state index in [1.165, 1.54) is 15.7 Å². The second-order valence-corrected chi connectivity index (χ2v) is 6.48. The third-order valence-electron chi connectivity index (χ3n) is 4.10. The van der Waals surface area contributed by atoms with Crippen molar-refractivity contribution in [3.8, 4) is 6.07 Å². The topological polar surface area (TPSA) is 55.2 Å². The van der Waals surface area contributed by atoms with Crippen LogP contribution in [0, 0.1) is 11.3 Å². The Kier molecular flexibility index (Phi) is 4.20. The van der Waals surface area contributed by atoms with E-state index in [1.54, 1.807) is 0 Å². The zero-order valence-corrected chi connectivity index (χ0v) is 12.7. The fourth-order valence-corrected chi connectivity index (χ4v) is 4.06. The van der Waals surface area contributed by atoms with Crippen LogP contribution in [0.15, 0.2) is 0 Å². The van der Waals surface area contributed by atoms with E-state index >= 15 is 0 Å². The lowest BCUT2D eigenvalue weighted by Crippen LogP contribution is -2.46. The van der Waals surface area contributed by atoms with Crippen LogP contribution in [-0.4, -0.2) is 49.2 Å². The Labute approximate surface area is 124 Å². The lowest BCUT2D eigenvalue weighted by atomic mass is 10.1. The average molecular weight is 291 g/mol. The van der Waals surface area contributed by atoms with Crippen LogP contribution in [0.1, 0.15) is 30.0 Å². The Bertz CT molecular complexity index is 498. The van der Waals surface area contributed by atoms with Gasteiger partial charge in [0.05, 0.1) is 11.8 Å². The standard InChI is InChI=1S/C14H21N5S/c1-11-13-12(3-5-16-11)17-14(20-13)19-9-7-18(8-10-19)6-2-4-15/h11,16H,2-3,5-10H2,1H3/t11-/m1/s1. The van der Waals surface area contributed by atoms with Gasteiger partial charge in [0, 0.05) is 63.0 Å². The highest BCUT2D eigenvalue weighted by Crippen LogP contribution is 2.33. The molecule has 5 nitrogen and oxygen atoms in total. The van der Waals surface area contributed by atoms with E-state index in [4.69, 9.17) is 10.2 Å². The van der Waals surface area contributed by atoms with Crippen molar-refractivity contribution in [1.29, 1.82) is 5.26 Å². The fraction of sp³-hybridized carbons (Fsp3) is 0.714. The molecule has 0 unspecified atom stereocenters. The fourth-order valence-electron chi connectivity index (χ4n) is 2.87. The Balaban J connectivity index is 1.62. The van der Waals surface area contributed by atoms with Crippen molar-refractivity contribution in [2.45, 2.75) is 25.8 Å². The first-order valence-corrected chi connectivity index (χ1v) is 8.17. The summed E-state index contributed by atoms with van der Waals surface area (Å²) >= 11 is 1.85. The highest BCUT2D eigenvalue weighted by molar-refractivity contribution is 7.15. The van der Waals surface area contributed by atoms with Gasteiger partial charge in [-0.3, -0.25) is 4.90 Å². The minimum absolute atomic E-state index is 0.446. The summed E-state index contributed by atoms with van der Waals surface area (Å²) in [4.78, 5) is 11.0. The van der Waals surface area contributed by atoms with Gasteiger partial charge in [0.25, 0.3) is 0 Å². The van der Waals surface area contributed by atoms with E-state index in [9.17, 15) is 0 Å². The molecule has 0 amide bonds. The van der Waals surface area contributed by atoms with Crippen LogP contribution in [0.2, 0.25) is 0 Å². The maximum Gasteiger partial charge on any atom is 0.185 e. The number of aromatic nitrogens is 1. The number of hydrogen-bond acceptors (Lipinski definition) is 6. The van der Waals surface area contributed by atoms with Crippen molar-refractivity contribution in [3.63, 3.8) is 0 Å². The number of fused-ring (bicyclic) bond motifs is 1. The minimum Gasteiger partial charge on any atom is -0.346 e. The van der Waals surface area contributed by atoms with Gasteiger partial charge in [0.2, 0.25) is 0 Å². The molecule has 1 saturated heterocycles. The van der Waals surface area contributed by atoms with Gasteiger partial charge in [-0.2, -0.15) is 5.26 Å². The van der Waals surface area contributed by atoms with Gasteiger partial charge in [-0.25, -0.2) is 4.98 Å². The van der Waals surface area contributed by atoms with Gasteiger partial charge in [-0.15, -0.1) is 0 Å². The molecule has 0 spiro atoms. The summed E-state index contributed by atoms with van der Waals surface area (Å²) in [5.74, 6) is 0. The molecule has 1 N–H and O–H groups in total. The maximum atomic E-state index is 8.64. The Hall–Kier alpha value is -1.16. The largest absolute Gasteiger partial charge is 0.346 e. The second-order valence-electron chi connectivity index (χ2n) is 5.47. The Morgan fingerprint density at radius 1 is 1.40 bits per heavy atom. The molecule has 0 aliphatic carbocycles. The van der Waals surface area contributed by atoms with Crippen molar-refractivity contribution in [1.82, 2.24) is 15.2 Å². The number of nitrogens with zero attached hydrogens (tertiary/aromatic N) is 4. The van der Waals surface area contributed by atoms with Crippen molar-refractivity contribution >= 4 is 16.5 Å². The van der Waals surface area contributed by atoms with Gasteiger partial charge in [-0.05, 0) is 6.92 Å². The molecule has 0 aromatic carbocycles. The molecule has 20 heavy (non-hydrogen) atoms. The summed E-state index contributed by atoms with van der Waals surface area (Å²) < 4.78 is 0. The van der Waals surface area contributed by atoms with Crippen molar-refractivity contribution in [2.24, 2.45) is 0 Å². The second kappa shape index (κ2) is 6.08. The monoisotopic (exact) mass is 291 g/mol. The van der Waals surface area contributed by atoms with Gasteiger partial charge >= 0.3 is 0 Å². The van der Waals surface area contributed by atoms with E-state index < -0.39 is 0 Å². The molecule has 2 aliphatic rings. The number of nitriles is 1. The summed E-state index contributed by atoms with van der Waals surface area (Å²) in [6.07, 6.45) is 1.69. The minimum atomic E-state index is 0.446. The summed E-state index contributed by atoms with van der Waals surface area (Å²) in [6, 6.07) is 2.67. The molecule has 1 atom stereocenters. The number of hydrogen-bond donors (Lipinski definition) is 1. The normalized spacial score (nSPS) is 23.4. The predicted octanol–water partition coefficient (Wildman–Crippen LogP) is 1.39. The predicted molar refractivity (Wildman–Crippen MR) is 81.1 cm³/mol. The first-order valence-electron chi connectivity index (χ1n) is 7.35. The Morgan fingerprint density at radius 3 is 2.90 bits per heavy atom. The van der Waals surface area contributed by atoms with Crippen molar-refractivity contribution < 1.29 is 0 Å². The van der Waals surface area contributed by atoms with Crippen molar-refractivity contribution in [2.75, 3.05) is 44.2 Å². The van der Waals surface area contributed by atoms with Gasteiger partial charge in [0.15, 0.2) is 5.13 Å². The first kappa shape index (κ1) is 13.8. The molecule has 0 radical (unpaired) electrons. The van der Waals surface area contributed by atoms with Gasteiger partial charge in [-0.1, -0.05) is 11.3 Å². The number of piperazine rings is 1. The maximum absolute atomic E-state index is 8.64. The van der Waals surface area contributed by atoms with E-state index in [2.05, 4.69) is 28.1 Å². The van der Waals surface area contributed by atoms with E-state index in [-0.39, 0.29) is 0 Å². The van der Waals surface area contributed by atoms with E-state index in [1.807, 2.05) is 11.3 Å². The molecule has 3 rings (SSSR count). The number of nitrogens with one attached hydrogen (secondary N) is 1. The molecule has 0 bridgehead atoms. The van der Waals surface area contributed by atoms with Crippen molar-refractivity contribution in [3.05, 3.63) is 10.6 Å². The zero-order chi connectivity index (χ0) is 13.9. The van der Waals surface area contributed by atoms with Gasteiger partial charge < -0.3 is 10.2 Å². The smallest absolute Gasteiger partial charge is 0.185 e. The quantitative estimate of drug-likeness (QED) is 0.912. The van der Waals surface area contributed by atoms with E-state index in [0.717, 1.165) is 45.7 Å². The van der Waals surface area contributed by atoms with Gasteiger partial charge in [0.1, 0.15) is 0 Å². The molecular formula is C14H21N5S. The SMILES string of the molecule is C[C@H]1NCCc2nc(N3CCN(CCC#N)CC3)sc21. The molecule has 108 valence electrons. The van der Waals surface area contributed by atoms with Crippen LogP contribution in [0.25, 0.3) is 0 Å². The van der Waals surface area contributed by atoms with Crippen LogP contribution >= 0.6 is 11.3 Å². The summed E-state index contributed by atoms with van der Waals surface area (Å²) in [6.45, 7) is 8.30. The lowest BCUT2D eigenvalue weighted by Gasteiger charge is -2.34. The van der Waals surface area contributed by atoms with Crippen LogP contribution in [-0.2, 0) is 6.42 Å². The highest BCUT2D eigenvalue weighted by Gasteiger charge is 2.24. The number of thiazole rings is 1. The molecule has 1 aromatic heterocycles. The highest BCUT2D eigenvalue weighted by atomic mass is 32.1.